The molecule has 2 aromatic rings. The average molecular weight is 269 g/mol. The van der Waals surface area contributed by atoms with Crippen LogP contribution in [0.15, 0.2) is 48.5 Å². The summed E-state index contributed by atoms with van der Waals surface area (Å²) in [4.78, 5) is 11.9. The summed E-state index contributed by atoms with van der Waals surface area (Å²) in [7, 11) is 0. The van der Waals surface area contributed by atoms with E-state index in [1.54, 1.807) is 12.1 Å². The molecule has 1 unspecified atom stereocenters. The van der Waals surface area contributed by atoms with Gasteiger partial charge < -0.3 is 10.4 Å². The zero-order chi connectivity index (χ0) is 14.5. The molecule has 1 amide bonds. The van der Waals surface area contributed by atoms with Gasteiger partial charge in [0.2, 0.25) is 0 Å². The van der Waals surface area contributed by atoms with E-state index in [0.29, 0.717) is 5.56 Å². The fourth-order valence-electron chi connectivity index (χ4n) is 1.97. The number of aliphatic hydroxyl groups is 1. The van der Waals surface area contributed by atoms with Gasteiger partial charge in [-0.1, -0.05) is 36.4 Å². The van der Waals surface area contributed by atoms with Gasteiger partial charge in [-0.3, -0.25) is 4.79 Å². The molecule has 0 aromatic heterocycles. The quantitative estimate of drug-likeness (QED) is 0.896. The molecule has 0 saturated heterocycles. The second-order valence-corrected chi connectivity index (χ2v) is 4.94. The van der Waals surface area contributed by atoms with Gasteiger partial charge in [-0.2, -0.15) is 0 Å². The van der Waals surface area contributed by atoms with Crippen LogP contribution in [0.3, 0.4) is 0 Å². The Balaban J connectivity index is 1.96. The molecule has 0 aliphatic heterocycles. The summed E-state index contributed by atoms with van der Waals surface area (Å²) in [5.74, 6) is -0.173. The molecule has 0 heterocycles. The molecule has 0 radical (unpaired) electrons. The van der Waals surface area contributed by atoms with Gasteiger partial charge in [-0.25, -0.2) is 0 Å². The summed E-state index contributed by atoms with van der Waals surface area (Å²) in [6.45, 7) is 4.24. The summed E-state index contributed by atoms with van der Waals surface area (Å²) in [6.07, 6.45) is -0.693. The Bertz CT molecular complexity index is 593. The summed E-state index contributed by atoms with van der Waals surface area (Å²) >= 11 is 0. The van der Waals surface area contributed by atoms with Crippen molar-refractivity contribution in [3.63, 3.8) is 0 Å². The van der Waals surface area contributed by atoms with Crippen LogP contribution in [-0.2, 0) is 0 Å². The van der Waals surface area contributed by atoms with Crippen molar-refractivity contribution in [2.24, 2.45) is 0 Å². The highest BCUT2D eigenvalue weighted by Gasteiger charge is 2.11. The number of nitrogens with one attached hydrogen (secondary N) is 1. The Morgan fingerprint density at radius 3 is 2.45 bits per heavy atom. The molecule has 104 valence electrons. The smallest absolute Gasteiger partial charge is 0.251 e. The first-order valence-corrected chi connectivity index (χ1v) is 6.66. The van der Waals surface area contributed by atoms with Crippen LogP contribution in [0.2, 0.25) is 0 Å². The second kappa shape index (κ2) is 6.35. The predicted molar refractivity (Wildman–Crippen MR) is 79.7 cm³/mol. The third kappa shape index (κ3) is 3.45. The summed E-state index contributed by atoms with van der Waals surface area (Å²) in [6, 6.07) is 14.8. The normalized spacial score (nSPS) is 11.9. The van der Waals surface area contributed by atoms with E-state index in [2.05, 4.69) is 5.32 Å². The molecular weight excluding hydrogens is 250 g/mol. The number of aliphatic hydroxyl groups excluding tert-OH is 1. The lowest BCUT2D eigenvalue weighted by Gasteiger charge is -2.13. The molecule has 1 atom stereocenters. The molecular formula is C17H19NO2. The molecule has 20 heavy (non-hydrogen) atoms. The van der Waals surface area contributed by atoms with Gasteiger partial charge in [0, 0.05) is 12.1 Å². The molecule has 2 aromatic carbocycles. The first kappa shape index (κ1) is 14.3. The third-order valence-corrected chi connectivity index (χ3v) is 3.41. The predicted octanol–water partition coefficient (Wildman–Crippen LogP) is 2.77. The number of aryl methyl sites for hydroxylation is 2. The molecule has 2 N–H and O–H groups in total. The van der Waals surface area contributed by atoms with Gasteiger partial charge in [0.1, 0.15) is 0 Å². The van der Waals surface area contributed by atoms with Crippen molar-refractivity contribution in [2.45, 2.75) is 20.0 Å². The lowest BCUT2D eigenvalue weighted by atomic mass is 10.0. The van der Waals surface area contributed by atoms with E-state index in [-0.39, 0.29) is 12.5 Å². The number of hydrogen-bond acceptors (Lipinski definition) is 2. The second-order valence-electron chi connectivity index (χ2n) is 4.94. The summed E-state index contributed by atoms with van der Waals surface area (Å²) < 4.78 is 0. The Morgan fingerprint density at radius 2 is 1.80 bits per heavy atom. The van der Waals surface area contributed by atoms with Crippen molar-refractivity contribution in [1.29, 1.82) is 0 Å². The zero-order valence-corrected chi connectivity index (χ0v) is 11.8. The molecule has 0 fully saturated rings. The Labute approximate surface area is 119 Å². The molecule has 0 spiro atoms. The van der Waals surface area contributed by atoms with Crippen LogP contribution in [0.5, 0.6) is 0 Å². The first-order chi connectivity index (χ1) is 9.58. The summed E-state index contributed by atoms with van der Waals surface area (Å²) in [5, 5.41) is 12.9. The van der Waals surface area contributed by atoms with Crippen molar-refractivity contribution >= 4 is 5.91 Å². The monoisotopic (exact) mass is 269 g/mol. The minimum atomic E-state index is -0.693. The number of amides is 1. The maximum atomic E-state index is 11.9. The zero-order valence-electron chi connectivity index (χ0n) is 11.8. The van der Waals surface area contributed by atoms with Crippen LogP contribution < -0.4 is 5.32 Å². The largest absolute Gasteiger partial charge is 0.387 e. The fraction of sp³-hybridized carbons (Fsp3) is 0.235. The van der Waals surface area contributed by atoms with Gasteiger partial charge in [0.25, 0.3) is 5.91 Å². The average Bonchev–Trinajstić information content (AvgIpc) is 2.48. The Morgan fingerprint density at radius 1 is 1.10 bits per heavy atom. The van der Waals surface area contributed by atoms with E-state index >= 15 is 0 Å². The molecule has 3 heteroatoms. The maximum Gasteiger partial charge on any atom is 0.251 e. The van der Waals surface area contributed by atoms with Crippen LogP contribution >= 0.6 is 0 Å². The van der Waals surface area contributed by atoms with Gasteiger partial charge >= 0.3 is 0 Å². The van der Waals surface area contributed by atoms with Crippen LogP contribution in [0.25, 0.3) is 0 Å². The third-order valence-electron chi connectivity index (χ3n) is 3.41. The minimum Gasteiger partial charge on any atom is -0.387 e. The van der Waals surface area contributed by atoms with Crippen molar-refractivity contribution in [2.75, 3.05) is 6.54 Å². The van der Waals surface area contributed by atoms with Crippen molar-refractivity contribution in [3.05, 3.63) is 70.8 Å². The van der Waals surface area contributed by atoms with E-state index in [1.165, 1.54) is 5.56 Å². The molecule has 0 aliphatic carbocycles. The molecule has 0 aliphatic rings. The van der Waals surface area contributed by atoms with Gasteiger partial charge in [-0.15, -0.1) is 0 Å². The molecule has 0 bridgehead atoms. The van der Waals surface area contributed by atoms with Crippen LogP contribution in [0.4, 0.5) is 0 Å². The first-order valence-electron chi connectivity index (χ1n) is 6.66. The molecule has 0 saturated carbocycles. The lowest BCUT2D eigenvalue weighted by molar-refractivity contribution is 0.0916. The van der Waals surface area contributed by atoms with Crippen molar-refractivity contribution in [1.82, 2.24) is 5.32 Å². The van der Waals surface area contributed by atoms with Crippen molar-refractivity contribution < 1.29 is 9.90 Å². The van der Waals surface area contributed by atoms with E-state index < -0.39 is 6.10 Å². The number of rotatable bonds is 4. The maximum absolute atomic E-state index is 11.9. The SMILES string of the molecule is Cc1ccc(C(O)CNC(=O)c2ccccc2)cc1C. The highest BCUT2D eigenvalue weighted by Crippen LogP contribution is 2.16. The molecule has 3 nitrogen and oxygen atoms in total. The highest BCUT2D eigenvalue weighted by atomic mass is 16.3. The number of carbonyl (C=O) groups excluding carboxylic acids is 1. The minimum absolute atomic E-state index is 0.173. The fourth-order valence-corrected chi connectivity index (χ4v) is 1.97. The summed E-state index contributed by atoms with van der Waals surface area (Å²) in [5.41, 5.74) is 3.74. The van der Waals surface area contributed by atoms with Crippen LogP contribution in [-0.4, -0.2) is 17.6 Å². The van der Waals surface area contributed by atoms with Gasteiger partial charge in [-0.05, 0) is 42.7 Å². The van der Waals surface area contributed by atoms with Crippen LogP contribution in [0.1, 0.15) is 33.2 Å². The van der Waals surface area contributed by atoms with Crippen molar-refractivity contribution in [3.8, 4) is 0 Å². The number of benzene rings is 2. The number of carbonyl (C=O) groups is 1. The van der Waals surface area contributed by atoms with E-state index in [0.717, 1.165) is 11.1 Å². The van der Waals surface area contributed by atoms with Crippen LogP contribution in [0, 0.1) is 13.8 Å². The standard InChI is InChI=1S/C17H19NO2/c1-12-8-9-15(10-13(12)2)16(19)11-18-17(20)14-6-4-3-5-7-14/h3-10,16,19H,11H2,1-2H3,(H,18,20). The Hall–Kier alpha value is -2.13. The van der Waals surface area contributed by atoms with E-state index in [1.807, 2.05) is 50.2 Å². The van der Waals surface area contributed by atoms with E-state index in [4.69, 9.17) is 0 Å². The molecule has 2 rings (SSSR count). The topological polar surface area (TPSA) is 49.3 Å². The van der Waals surface area contributed by atoms with E-state index in [9.17, 15) is 9.90 Å². The lowest BCUT2D eigenvalue weighted by Crippen LogP contribution is -2.28. The highest BCUT2D eigenvalue weighted by molar-refractivity contribution is 5.94. The number of hydrogen-bond donors (Lipinski definition) is 2. The van der Waals surface area contributed by atoms with Gasteiger partial charge in [0.15, 0.2) is 0 Å². The Kier molecular flexibility index (Phi) is 4.53. The van der Waals surface area contributed by atoms with Gasteiger partial charge in [0.05, 0.1) is 6.10 Å².